The number of rotatable bonds is 18. The summed E-state index contributed by atoms with van der Waals surface area (Å²) in [6, 6.07) is 64.4. The van der Waals surface area contributed by atoms with E-state index in [1.807, 2.05) is 0 Å². The van der Waals surface area contributed by atoms with Gasteiger partial charge in [-0.05, 0) is 146 Å². The third-order valence-corrected chi connectivity index (χ3v) is 25.7. The zero-order chi connectivity index (χ0) is 52.1. The molecule has 0 unspecified atom stereocenters. The second-order valence-electron chi connectivity index (χ2n) is 17.2. The topological polar surface area (TPSA) is 124 Å². The van der Waals surface area contributed by atoms with Crippen LogP contribution in [0, 0.1) is 0 Å². The lowest BCUT2D eigenvalue weighted by Gasteiger charge is -2.25. The van der Waals surface area contributed by atoms with Gasteiger partial charge in [0.15, 0.2) is 28.6 Å². The average Bonchev–Trinajstić information content (AvgIpc) is 3.48. The first-order valence-electron chi connectivity index (χ1n) is 23.5. The Labute approximate surface area is 432 Å². The second-order valence-corrected chi connectivity index (χ2v) is 28.2. The van der Waals surface area contributed by atoms with Crippen LogP contribution in [0.15, 0.2) is 218 Å². The van der Waals surface area contributed by atoms with Gasteiger partial charge in [-0.1, -0.05) is 72.8 Å². The molecule has 0 aliphatic rings. The first-order valence-corrected chi connectivity index (χ1v) is 30.3. The van der Waals surface area contributed by atoms with Gasteiger partial charge in [0.25, 0.3) is 0 Å². The summed E-state index contributed by atoms with van der Waals surface area (Å²) in [6.07, 6.45) is 0. The molecular formula is C60H54O10P4. The van der Waals surface area contributed by atoms with Crippen LogP contribution in [-0.4, -0.2) is 42.7 Å². The molecular weight excluding hydrogens is 1000 g/mol. The fraction of sp³-hybridized carbons (Fsp3) is 0.100. The fourth-order valence-electron chi connectivity index (χ4n) is 9.16. The monoisotopic (exact) mass is 1060 g/mol. The minimum atomic E-state index is -3.86. The van der Waals surface area contributed by atoms with Crippen molar-refractivity contribution in [1.29, 1.82) is 0 Å². The number of hydrogen-bond acceptors (Lipinski definition) is 10. The quantitative estimate of drug-likeness (QED) is 0.0776. The lowest BCUT2D eigenvalue weighted by molar-refractivity contribution is 0.415. The van der Waals surface area contributed by atoms with E-state index in [-0.39, 0.29) is 0 Å². The maximum Gasteiger partial charge on any atom is 0.171 e. The van der Waals surface area contributed by atoms with Gasteiger partial charge in [-0.15, -0.1) is 0 Å². The molecule has 0 aromatic heterocycles. The number of benzene rings is 9. The van der Waals surface area contributed by atoms with E-state index in [9.17, 15) is 0 Å². The predicted octanol–water partition coefficient (Wildman–Crippen LogP) is 8.30. The van der Waals surface area contributed by atoms with Crippen molar-refractivity contribution in [2.75, 3.05) is 42.7 Å². The van der Waals surface area contributed by atoms with Crippen LogP contribution in [-0.2, 0) is 18.3 Å². The number of hydrogen-bond donors (Lipinski definition) is 0. The molecule has 14 heteroatoms. The van der Waals surface area contributed by atoms with Crippen molar-refractivity contribution >= 4 is 92.2 Å². The molecule has 0 saturated heterocycles. The molecule has 0 bridgehead atoms. The molecule has 9 rings (SSSR count). The van der Waals surface area contributed by atoms with Crippen molar-refractivity contribution in [3.05, 3.63) is 218 Å². The number of methoxy groups -OCH3 is 6. The van der Waals surface area contributed by atoms with Gasteiger partial charge < -0.3 is 46.7 Å². The van der Waals surface area contributed by atoms with Crippen molar-refractivity contribution in [2.45, 2.75) is 0 Å². The maximum absolute atomic E-state index is 16.7. The molecule has 0 amide bonds. The van der Waals surface area contributed by atoms with Gasteiger partial charge in [0.05, 0.1) is 42.7 Å². The van der Waals surface area contributed by atoms with E-state index >= 15 is 18.3 Å². The lowest BCUT2D eigenvalue weighted by atomic mass is 10.3. The average molecular weight is 1060 g/mol. The van der Waals surface area contributed by atoms with E-state index in [4.69, 9.17) is 28.4 Å². The van der Waals surface area contributed by atoms with E-state index in [1.54, 1.807) is 261 Å². The smallest absolute Gasteiger partial charge is 0.171 e. The van der Waals surface area contributed by atoms with Crippen LogP contribution in [0.4, 0.5) is 0 Å². The molecule has 0 N–H and O–H groups in total. The van der Waals surface area contributed by atoms with Crippen LogP contribution in [0.5, 0.6) is 34.5 Å². The Bertz CT molecular complexity index is 3030. The third-order valence-electron chi connectivity index (χ3n) is 13.3. The van der Waals surface area contributed by atoms with Crippen LogP contribution in [0.25, 0.3) is 0 Å². The highest BCUT2D eigenvalue weighted by atomic mass is 31.2. The van der Waals surface area contributed by atoms with E-state index in [2.05, 4.69) is 0 Å². The van der Waals surface area contributed by atoms with Gasteiger partial charge >= 0.3 is 0 Å². The predicted molar refractivity (Wildman–Crippen MR) is 303 cm³/mol. The molecule has 9 aromatic carbocycles. The Kier molecular flexibility index (Phi) is 15.1. The van der Waals surface area contributed by atoms with Gasteiger partial charge in [0, 0.05) is 63.7 Å². The molecule has 0 aliphatic heterocycles. The van der Waals surface area contributed by atoms with Crippen LogP contribution in [0.2, 0.25) is 0 Å². The summed E-state index contributed by atoms with van der Waals surface area (Å²) in [6.45, 7) is 0. The largest absolute Gasteiger partial charge is 0.497 e. The molecule has 74 heavy (non-hydrogen) atoms. The number of ether oxygens (including phenoxy) is 6. The van der Waals surface area contributed by atoms with Crippen molar-refractivity contribution < 1.29 is 46.7 Å². The van der Waals surface area contributed by atoms with E-state index in [1.165, 1.54) is 0 Å². The Hall–Kier alpha value is -7.30. The maximum atomic E-state index is 16.7. The molecule has 10 nitrogen and oxygen atoms in total. The highest BCUT2D eigenvalue weighted by Crippen LogP contribution is 2.49. The molecule has 0 heterocycles. The standard InChI is InChI=1S/C60H54O10P4/c1-65-43-7-19-49(20-8-43)71(61,50-21-9-44(66-2)10-22-50)55-31-37-58(38-32-55)74(64,59-39-33-56(34-40-59)72(62,51-23-11-45(67-3)12-24-51)52-25-13-46(68-4)14-26-52)60-41-35-57(36-42-60)73(63,53-27-15-47(69-5)16-28-53)54-29-17-48(70-6)18-30-54/h7-42H,1-6H3. The third kappa shape index (κ3) is 9.45. The second kappa shape index (κ2) is 21.7. The highest BCUT2D eigenvalue weighted by molar-refractivity contribution is 7.87. The zero-order valence-electron chi connectivity index (χ0n) is 41.7. The van der Waals surface area contributed by atoms with Crippen molar-refractivity contribution in [1.82, 2.24) is 0 Å². The van der Waals surface area contributed by atoms with Gasteiger partial charge in [0.2, 0.25) is 0 Å². The molecule has 374 valence electrons. The van der Waals surface area contributed by atoms with Gasteiger partial charge in [0.1, 0.15) is 34.5 Å². The van der Waals surface area contributed by atoms with Crippen LogP contribution >= 0.6 is 28.6 Å². The van der Waals surface area contributed by atoms with E-state index in [0.717, 1.165) is 0 Å². The van der Waals surface area contributed by atoms with Crippen LogP contribution in [0.3, 0.4) is 0 Å². The van der Waals surface area contributed by atoms with E-state index < -0.39 is 28.6 Å². The molecule has 0 spiro atoms. The van der Waals surface area contributed by atoms with Crippen LogP contribution in [0.1, 0.15) is 0 Å². The molecule has 9 aromatic rings. The first kappa shape index (κ1) is 51.6. The minimum Gasteiger partial charge on any atom is -0.497 e. The summed E-state index contributed by atoms with van der Waals surface area (Å²) in [5.74, 6) is 3.73. The van der Waals surface area contributed by atoms with Gasteiger partial charge in [-0.3, -0.25) is 0 Å². The first-order chi connectivity index (χ1) is 35.9. The normalized spacial score (nSPS) is 11.9. The SMILES string of the molecule is COc1ccc(P(=O)(c2ccc(OC)cc2)c2ccc(P(=O)(c3ccc(P(=O)(c4ccc(OC)cc4)c4ccc(OC)cc4)cc3)c3ccc(P(=O)(c4ccc(OC)cc4)c4ccc(OC)cc4)cc3)cc2)cc1. The highest BCUT2D eigenvalue weighted by Gasteiger charge is 2.37. The Morgan fingerprint density at radius 2 is 0.257 bits per heavy atom. The summed E-state index contributed by atoms with van der Waals surface area (Å²) in [5.41, 5.74) is 0. The Balaban J connectivity index is 1.21. The Morgan fingerprint density at radius 3 is 0.338 bits per heavy atom. The summed E-state index contributed by atoms with van der Waals surface area (Å²) < 4.78 is 96.6. The van der Waals surface area contributed by atoms with Gasteiger partial charge in [-0.2, -0.15) is 0 Å². The molecule has 0 aliphatic carbocycles. The van der Waals surface area contributed by atoms with Crippen molar-refractivity contribution in [3.63, 3.8) is 0 Å². The fourth-order valence-corrected chi connectivity index (χ4v) is 19.6. The van der Waals surface area contributed by atoms with Crippen molar-refractivity contribution in [3.8, 4) is 34.5 Å². The molecule has 0 fully saturated rings. The Morgan fingerprint density at radius 1 is 0.176 bits per heavy atom. The zero-order valence-corrected chi connectivity index (χ0v) is 45.2. The molecule has 0 radical (unpaired) electrons. The molecule has 0 saturated carbocycles. The van der Waals surface area contributed by atoms with Gasteiger partial charge in [-0.25, -0.2) is 0 Å². The summed E-state index contributed by atoms with van der Waals surface area (Å²) in [4.78, 5) is 0. The minimum absolute atomic E-state index is 0.458. The van der Waals surface area contributed by atoms with E-state index in [0.29, 0.717) is 98.2 Å². The molecule has 0 atom stereocenters. The summed E-state index contributed by atoms with van der Waals surface area (Å²) >= 11 is 0. The van der Waals surface area contributed by atoms with Crippen molar-refractivity contribution in [2.24, 2.45) is 0 Å². The van der Waals surface area contributed by atoms with Crippen LogP contribution < -0.4 is 92.1 Å². The summed E-state index contributed by atoms with van der Waals surface area (Å²) in [5, 5.41) is 6.45. The summed E-state index contributed by atoms with van der Waals surface area (Å²) in [7, 11) is -4.98. The lowest BCUT2D eigenvalue weighted by Crippen LogP contribution is -2.31.